The number of rotatable bonds is 5. The standard InChI is InChI=1S/C17H22N2O/c1-2-17(10-6-12-18)11-7-13-19(16(17)20)14-15-8-4-3-5-9-15/h3-5,8-9H,2,6-7,10-11,13-14H2,1H3. The van der Waals surface area contributed by atoms with Crippen molar-refractivity contribution in [3.8, 4) is 6.07 Å². The monoisotopic (exact) mass is 270 g/mol. The van der Waals surface area contributed by atoms with E-state index in [4.69, 9.17) is 5.26 Å². The van der Waals surface area contributed by atoms with Crippen molar-refractivity contribution in [1.29, 1.82) is 5.26 Å². The Kier molecular flexibility index (Phi) is 4.79. The molecule has 1 aromatic carbocycles. The number of carbonyl (C=O) groups is 1. The molecule has 0 spiro atoms. The summed E-state index contributed by atoms with van der Waals surface area (Å²) in [5, 5.41) is 8.82. The number of hydrogen-bond donors (Lipinski definition) is 0. The molecule has 0 aliphatic carbocycles. The Balaban J connectivity index is 2.11. The molecule has 0 bridgehead atoms. The van der Waals surface area contributed by atoms with Gasteiger partial charge < -0.3 is 4.90 Å². The maximum atomic E-state index is 12.8. The normalized spacial score (nSPS) is 22.6. The molecule has 1 aliphatic heterocycles. The quantitative estimate of drug-likeness (QED) is 0.821. The number of carbonyl (C=O) groups excluding carboxylic acids is 1. The van der Waals surface area contributed by atoms with Gasteiger partial charge in [0, 0.05) is 19.5 Å². The van der Waals surface area contributed by atoms with Gasteiger partial charge in [-0.3, -0.25) is 4.79 Å². The molecular weight excluding hydrogens is 248 g/mol. The second kappa shape index (κ2) is 6.56. The van der Waals surface area contributed by atoms with Crippen molar-refractivity contribution in [2.45, 2.75) is 45.6 Å². The fourth-order valence-electron chi connectivity index (χ4n) is 3.14. The zero-order valence-corrected chi connectivity index (χ0v) is 12.1. The molecular formula is C17H22N2O. The van der Waals surface area contributed by atoms with Gasteiger partial charge in [-0.05, 0) is 31.2 Å². The summed E-state index contributed by atoms with van der Waals surface area (Å²) >= 11 is 0. The number of benzene rings is 1. The Morgan fingerprint density at radius 2 is 2.10 bits per heavy atom. The molecule has 0 N–H and O–H groups in total. The van der Waals surface area contributed by atoms with Crippen LogP contribution in [0.1, 0.15) is 44.6 Å². The van der Waals surface area contributed by atoms with Crippen LogP contribution in [0.4, 0.5) is 0 Å². The number of likely N-dealkylation sites (tertiary alicyclic amines) is 1. The number of nitriles is 1. The summed E-state index contributed by atoms with van der Waals surface area (Å²) < 4.78 is 0. The van der Waals surface area contributed by atoms with Crippen LogP contribution in [-0.2, 0) is 11.3 Å². The molecule has 1 aromatic rings. The number of hydrogen-bond acceptors (Lipinski definition) is 2. The smallest absolute Gasteiger partial charge is 0.229 e. The van der Waals surface area contributed by atoms with Crippen LogP contribution in [0.2, 0.25) is 0 Å². The highest BCUT2D eigenvalue weighted by atomic mass is 16.2. The van der Waals surface area contributed by atoms with Crippen molar-refractivity contribution >= 4 is 5.91 Å². The van der Waals surface area contributed by atoms with Gasteiger partial charge in [-0.2, -0.15) is 5.26 Å². The van der Waals surface area contributed by atoms with Gasteiger partial charge in [-0.25, -0.2) is 0 Å². The summed E-state index contributed by atoms with van der Waals surface area (Å²) in [5.41, 5.74) is 0.871. The third-order valence-corrected chi connectivity index (χ3v) is 4.43. The molecule has 2 rings (SSSR count). The molecule has 0 saturated carbocycles. The number of piperidine rings is 1. The van der Waals surface area contributed by atoms with Gasteiger partial charge in [0.2, 0.25) is 5.91 Å². The van der Waals surface area contributed by atoms with Crippen molar-refractivity contribution in [2.75, 3.05) is 6.54 Å². The average molecular weight is 270 g/mol. The van der Waals surface area contributed by atoms with Crippen LogP contribution in [-0.4, -0.2) is 17.4 Å². The number of amides is 1. The van der Waals surface area contributed by atoms with Gasteiger partial charge in [-0.1, -0.05) is 37.3 Å². The van der Waals surface area contributed by atoms with E-state index >= 15 is 0 Å². The van der Waals surface area contributed by atoms with Crippen LogP contribution < -0.4 is 0 Å². The summed E-state index contributed by atoms with van der Waals surface area (Å²) in [7, 11) is 0. The van der Waals surface area contributed by atoms with Crippen LogP contribution in [0.3, 0.4) is 0 Å². The molecule has 0 radical (unpaired) electrons. The molecule has 106 valence electrons. The molecule has 1 aliphatic rings. The molecule has 1 unspecified atom stereocenters. The number of nitrogens with zero attached hydrogens (tertiary/aromatic N) is 2. The topological polar surface area (TPSA) is 44.1 Å². The van der Waals surface area contributed by atoms with E-state index in [1.807, 2.05) is 23.1 Å². The molecule has 20 heavy (non-hydrogen) atoms. The van der Waals surface area contributed by atoms with Crippen LogP contribution >= 0.6 is 0 Å². The SMILES string of the molecule is CCC1(CCC#N)CCCN(Cc2ccccc2)C1=O. The fourth-order valence-corrected chi connectivity index (χ4v) is 3.14. The highest BCUT2D eigenvalue weighted by Crippen LogP contribution is 2.39. The summed E-state index contributed by atoms with van der Waals surface area (Å²) in [5.74, 6) is 0.241. The minimum atomic E-state index is -0.303. The lowest BCUT2D eigenvalue weighted by Gasteiger charge is -2.41. The van der Waals surface area contributed by atoms with Crippen LogP contribution in [0.15, 0.2) is 30.3 Å². The second-order valence-electron chi connectivity index (χ2n) is 5.61. The first-order valence-electron chi connectivity index (χ1n) is 7.42. The van der Waals surface area contributed by atoms with Gasteiger partial charge in [0.05, 0.1) is 11.5 Å². The molecule has 1 atom stereocenters. The first-order valence-corrected chi connectivity index (χ1v) is 7.42. The molecule has 1 saturated heterocycles. The van der Waals surface area contributed by atoms with E-state index in [2.05, 4.69) is 25.1 Å². The minimum Gasteiger partial charge on any atom is -0.338 e. The van der Waals surface area contributed by atoms with Gasteiger partial charge in [-0.15, -0.1) is 0 Å². The van der Waals surface area contributed by atoms with E-state index in [9.17, 15) is 4.79 Å². The maximum Gasteiger partial charge on any atom is 0.229 e. The maximum absolute atomic E-state index is 12.8. The Hall–Kier alpha value is -1.82. The molecule has 3 nitrogen and oxygen atoms in total. The summed E-state index contributed by atoms with van der Waals surface area (Å²) in [6.07, 6.45) is 3.97. The molecule has 1 amide bonds. The average Bonchev–Trinajstić information content (AvgIpc) is 2.50. The van der Waals surface area contributed by atoms with E-state index in [1.54, 1.807) is 0 Å². The third-order valence-electron chi connectivity index (χ3n) is 4.43. The first-order chi connectivity index (χ1) is 9.72. The Morgan fingerprint density at radius 3 is 2.75 bits per heavy atom. The predicted molar refractivity (Wildman–Crippen MR) is 78.7 cm³/mol. The van der Waals surface area contributed by atoms with Gasteiger partial charge in [0.25, 0.3) is 0 Å². The lowest BCUT2D eigenvalue weighted by molar-refractivity contribution is -0.148. The molecule has 0 aromatic heterocycles. The van der Waals surface area contributed by atoms with Crippen molar-refractivity contribution in [3.05, 3.63) is 35.9 Å². The van der Waals surface area contributed by atoms with E-state index in [-0.39, 0.29) is 11.3 Å². The fraction of sp³-hybridized carbons (Fsp3) is 0.529. The lowest BCUT2D eigenvalue weighted by Crippen LogP contribution is -2.48. The Morgan fingerprint density at radius 1 is 1.35 bits per heavy atom. The largest absolute Gasteiger partial charge is 0.338 e. The zero-order chi connectivity index (χ0) is 14.4. The zero-order valence-electron chi connectivity index (χ0n) is 12.1. The molecule has 1 fully saturated rings. The van der Waals surface area contributed by atoms with Crippen molar-refractivity contribution in [3.63, 3.8) is 0 Å². The highest BCUT2D eigenvalue weighted by molar-refractivity contribution is 5.83. The summed E-state index contributed by atoms with van der Waals surface area (Å²) in [6.45, 7) is 3.59. The summed E-state index contributed by atoms with van der Waals surface area (Å²) in [4.78, 5) is 14.8. The molecule has 1 heterocycles. The lowest BCUT2D eigenvalue weighted by atomic mass is 9.73. The highest BCUT2D eigenvalue weighted by Gasteiger charge is 2.41. The van der Waals surface area contributed by atoms with E-state index in [1.165, 1.54) is 5.56 Å². The van der Waals surface area contributed by atoms with Crippen LogP contribution in [0.25, 0.3) is 0 Å². The van der Waals surface area contributed by atoms with Crippen molar-refractivity contribution in [1.82, 2.24) is 4.90 Å². The predicted octanol–water partition coefficient (Wildman–Crippen LogP) is 3.51. The van der Waals surface area contributed by atoms with E-state index < -0.39 is 0 Å². The summed E-state index contributed by atoms with van der Waals surface area (Å²) in [6, 6.07) is 12.3. The van der Waals surface area contributed by atoms with Crippen molar-refractivity contribution < 1.29 is 4.79 Å². The van der Waals surface area contributed by atoms with E-state index in [0.29, 0.717) is 19.4 Å². The third kappa shape index (κ3) is 3.01. The Bertz CT molecular complexity index is 491. The second-order valence-corrected chi connectivity index (χ2v) is 5.61. The first kappa shape index (κ1) is 14.6. The van der Waals surface area contributed by atoms with Crippen molar-refractivity contribution in [2.24, 2.45) is 5.41 Å². The molecule has 3 heteroatoms. The van der Waals surface area contributed by atoms with Crippen LogP contribution in [0.5, 0.6) is 0 Å². The van der Waals surface area contributed by atoms with Gasteiger partial charge in [0.1, 0.15) is 0 Å². The minimum absolute atomic E-state index is 0.241. The van der Waals surface area contributed by atoms with Gasteiger partial charge >= 0.3 is 0 Å². The van der Waals surface area contributed by atoms with Crippen LogP contribution in [0, 0.1) is 16.7 Å². The van der Waals surface area contributed by atoms with Gasteiger partial charge in [0.15, 0.2) is 0 Å². The van der Waals surface area contributed by atoms with E-state index in [0.717, 1.165) is 25.8 Å². The Labute approximate surface area is 121 Å².